The maximum atomic E-state index is 11.8. The van der Waals surface area contributed by atoms with Gasteiger partial charge in [0, 0.05) is 38.3 Å². The average Bonchev–Trinajstić information content (AvgIpc) is 2.57. The van der Waals surface area contributed by atoms with E-state index in [-0.39, 0.29) is 5.91 Å². The van der Waals surface area contributed by atoms with Crippen molar-refractivity contribution in [1.29, 1.82) is 0 Å². The van der Waals surface area contributed by atoms with E-state index in [1.54, 1.807) is 0 Å². The van der Waals surface area contributed by atoms with Gasteiger partial charge in [-0.15, -0.1) is 0 Å². The van der Waals surface area contributed by atoms with E-state index in [0.29, 0.717) is 5.56 Å². The number of allylic oxidation sites excluding steroid dienone is 2. The van der Waals surface area contributed by atoms with Crippen molar-refractivity contribution in [3.05, 3.63) is 41.0 Å². The Balaban J connectivity index is 1.82. The number of hydrogen-bond donors (Lipinski definition) is 1. The predicted octanol–water partition coefficient (Wildman–Crippen LogP) is 2.49. The first-order valence-electron chi connectivity index (χ1n) is 8.66. The molecule has 3 rings (SSSR count). The molecule has 1 amide bonds. The van der Waals surface area contributed by atoms with E-state index in [2.05, 4.69) is 35.1 Å². The maximum absolute atomic E-state index is 11.8. The molecule has 1 aliphatic heterocycles. The molecule has 4 heteroatoms. The highest BCUT2D eigenvalue weighted by atomic mass is 16.1. The van der Waals surface area contributed by atoms with Gasteiger partial charge in [-0.2, -0.15) is 0 Å². The summed E-state index contributed by atoms with van der Waals surface area (Å²) in [4.78, 5) is 16.6. The highest BCUT2D eigenvalue weighted by molar-refractivity contribution is 5.98. The van der Waals surface area contributed by atoms with Crippen molar-refractivity contribution < 1.29 is 4.79 Å². The average molecular weight is 313 g/mol. The van der Waals surface area contributed by atoms with Gasteiger partial charge in [0.25, 0.3) is 0 Å². The third-order valence-electron chi connectivity index (χ3n) is 4.99. The number of rotatable bonds is 4. The zero-order chi connectivity index (χ0) is 16.2. The number of amides is 1. The molecule has 1 aromatic carbocycles. The Morgan fingerprint density at radius 2 is 1.96 bits per heavy atom. The molecule has 23 heavy (non-hydrogen) atoms. The van der Waals surface area contributed by atoms with Crippen LogP contribution in [-0.4, -0.2) is 48.9 Å². The van der Waals surface area contributed by atoms with Crippen molar-refractivity contribution in [2.45, 2.75) is 32.2 Å². The molecular formula is C19H27N3O. The van der Waals surface area contributed by atoms with Crippen molar-refractivity contribution in [2.75, 3.05) is 33.2 Å². The molecule has 1 saturated heterocycles. The monoisotopic (exact) mass is 313 g/mol. The van der Waals surface area contributed by atoms with E-state index < -0.39 is 0 Å². The Morgan fingerprint density at radius 3 is 2.61 bits per heavy atom. The van der Waals surface area contributed by atoms with Crippen molar-refractivity contribution in [3.8, 4) is 0 Å². The first-order valence-corrected chi connectivity index (χ1v) is 8.66. The molecule has 0 unspecified atom stereocenters. The molecule has 1 aliphatic carbocycles. The van der Waals surface area contributed by atoms with Crippen LogP contribution in [0.3, 0.4) is 0 Å². The number of carbonyl (C=O) groups excluding carboxylic acids is 1. The molecule has 2 aliphatic rings. The minimum atomic E-state index is -0.322. The quantitative estimate of drug-likeness (QED) is 0.929. The number of hydrogen-bond acceptors (Lipinski definition) is 3. The van der Waals surface area contributed by atoms with Crippen molar-refractivity contribution >= 4 is 11.5 Å². The minimum absolute atomic E-state index is 0.322. The smallest absolute Gasteiger partial charge is 0.249 e. The summed E-state index contributed by atoms with van der Waals surface area (Å²) in [5, 5.41) is 0. The lowest BCUT2D eigenvalue weighted by Crippen LogP contribution is -2.43. The Bertz CT molecular complexity index is 601. The molecule has 1 fully saturated rings. The van der Waals surface area contributed by atoms with Crippen LogP contribution in [-0.2, 0) is 6.54 Å². The van der Waals surface area contributed by atoms with Crippen LogP contribution < -0.4 is 5.73 Å². The van der Waals surface area contributed by atoms with Gasteiger partial charge in [0.15, 0.2) is 0 Å². The van der Waals surface area contributed by atoms with Crippen LogP contribution in [0.4, 0.5) is 0 Å². The van der Waals surface area contributed by atoms with Gasteiger partial charge in [-0.25, -0.2) is 0 Å². The summed E-state index contributed by atoms with van der Waals surface area (Å²) in [5.74, 6) is -0.322. The molecule has 4 nitrogen and oxygen atoms in total. The molecule has 0 radical (unpaired) electrons. The molecular weight excluding hydrogens is 286 g/mol. The molecule has 1 heterocycles. The Hall–Kier alpha value is -1.65. The minimum Gasteiger partial charge on any atom is -0.366 e. The third-order valence-corrected chi connectivity index (χ3v) is 4.99. The summed E-state index contributed by atoms with van der Waals surface area (Å²) in [6.45, 7) is 5.40. The van der Waals surface area contributed by atoms with Crippen LogP contribution in [0.1, 0.15) is 47.2 Å². The van der Waals surface area contributed by atoms with Gasteiger partial charge in [0.1, 0.15) is 0 Å². The number of primary amides is 1. The highest BCUT2D eigenvalue weighted by Crippen LogP contribution is 2.30. The Labute approximate surface area is 138 Å². The second-order valence-corrected chi connectivity index (χ2v) is 6.80. The Morgan fingerprint density at radius 1 is 1.17 bits per heavy atom. The zero-order valence-electron chi connectivity index (χ0n) is 14.1. The first kappa shape index (κ1) is 16.2. The van der Waals surface area contributed by atoms with Crippen molar-refractivity contribution in [3.63, 3.8) is 0 Å². The number of benzene rings is 1. The van der Waals surface area contributed by atoms with Gasteiger partial charge < -0.3 is 10.6 Å². The fourth-order valence-corrected chi connectivity index (χ4v) is 3.52. The van der Waals surface area contributed by atoms with E-state index in [4.69, 9.17) is 5.73 Å². The lowest BCUT2D eigenvalue weighted by atomic mass is 9.89. The summed E-state index contributed by atoms with van der Waals surface area (Å²) >= 11 is 0. The lowest BCUT2D eigenvalue weighted by molar-refractivity contribution is 0.1000. The van der Waals surface area contributed by atoms with E-state index in [1.807, 2.05) is 6.07 Å². The van der Waals surface area contributed by atoms with Crippen LogP contribution in [0.15, 0.2) is 24.3 Å². The van der Waals surface area contributed by atoms with Gasteiger partial charge >= 0.3 is 0 Å². The number of piperazine rings is 1. The fraction of sp³-hybridized carbons (Fsp3) is 0.526. The normalized spacial score (nSPS) is 20.3. The van der Waals surface area contributed by atoms with E-state index in [1.165, 1.54) is 24.0 Å². The zero-order valence-corrected chi connectivity index (χ0v) is 14.1. The first-order chi connectivity index (χ1) is 11.1. The van der Waals surface area contributed by atoms with Crippen molar-refractivity contribution in [1.82, 2.24) is 9.80 Å². The van der Waals surface area contributed by atoms with Gasteiger partial charge in [-0.3, -0.25) is 9.69 Å². The molecule has 0 aromatic heterocycles. The van der Waals surface area contributed by atoms with Crippen LogP contribution >= 0.6 is 0 Å². The molecule has 0 atom stereocenters. The molecule has 0 bridgehead atoms. The molecule has 0 saturated carbocycles. The summed E-state index contributed by atoms with van der Waals surface area (Å²) in [5.41, 5.74) is 9.89. The Kier molecular flexibility index (Phi) is 5.13. The largest absolute Gasteiger partial charge is 0.366 e. The summed E-state index contributed by atoms with van der Waals surface area (Å²) < 4.78 is 0. The van der Waals surface area contributed by atoms with Gasteiger partial charge in [-0.1, -0.05) is 12.1 Å². The van der Waals surface area contributed by atoms with Gasteiger partial charge in [0.05, 0.1) is 0 Å². The van der Waals surface area contributed by atoms with E-state index >= 15 is 0 Å². The SMILES string of the molecule is CN1CCN(Cc2ccc(C(N)=O)c(C3=CCCCC3)c2)CC1. The summed E-state index contributed by atoms with van der Waals surface area (Å²) in [6, 6.07) is 6.17. The second-order valence-electron chi connectivity index (χ2n) is 6.80. The van der Waals surface area contributed by atoms with Gasteiger partial charge in [-0.05, 0) is 61.6 Å². The highest BCUT2D eigenvalue weighted by Gasteiger charge is 2.17. The standard InChI is InChI=1S/C19H27N3O/c1-21-9-11-22(12-10-21)14-15-7-8-17(19(20)23)18(13-15)16-5-3-2-4-6-16/h5,7-8,13H,2-4,6,9-12,14H2,1H3,(H2,20,23). The topological polar surface area (TPSA) is 49.6 Å². The van der Waals surface area contributed by atoms with Crippen LogP contribution in [0.2, 0.25) is 0 Å². The van der Waals surface area contributed by atoms with Crippen molar-refractivity contribution in [2.24, 2.45) is 5.73 Å². The molecule has 124 valence electrons. The van der Waals surface area contributed by atoms with Crippen LogP contribution in [0.25, 0.3) is 5.57 Å². The maximum Gasteiger partial charge on any atom is 0.249 e. The summed E-state index contributed by atoms with van der Waals surface area (Å²) in [6.07, 6.45) is 6.89. The fourth-order valence-electron chi connectivity index (χ4n) is 3.52. The van der Waals surface area contributed by atoms with Crippen LogP contribution in [0.5, 0.6) is 0 Å². The third kappa shape index (κ3) is 4.01. The number of nitrogens with zero attached hydrogens (tertiary/aromatic N) is 2. The van der Waals surface area contributed by atoms with Gasteiger partial charge in [0.2, 0.25) is 5.91 Å². The van der Waals surface area contributed by atoms with Crippen LogP contribution in [0, 0.1) is 0 Å². The second kappa shape index (κ2) is 7.28. The molecule has 1 aromatic rings. The molecule has 2 N–H and O–H groups in total. The van der Waals surface area contributed by atoms with E-state index in [9.17, 15) is 4.79 Å². The lowest BCUT2D eigenvalue weighted by Gasteiger charge is -2.32. The number of nitrogens with two attached hydrogens (primary N) is 1. The summed E-state index contributed by atoms with van der Waals surface area (Å²) in [7, 11) is 2.17. The molecule has 0 spiro atoms. The number of likely N-dealkylation sites (N-methyl/N-ethyl adjacent to an activating group) is 1. The predicted molar refractivity (Wildman–Crippen MR) is 94.2 cm³/mol. The van der Waals surface area contributed by atoms with E-state index in [0.717, 1.165) is 51.1 Å². The number of carbonyl (C=O) groups is 1.